The highest BCUT2D eigenvalue weighted by atomic mass is 16.7. The molecule has 0 spiro atoms. The van der Waals surface area contributed by atoms with Gasteiger partial charge >= 0.3 is 11.9 Å². The molecule has 0 amide bonds. The summed E-state index contributed by atoms with van der Waals surface area (Å²) in [6.45, 7) is 3.25. The summed E-state index contributed by atoms with van der Waals surface area (Å²) < 4.78 is 10.2. The molecule has 0 saturated carbocycles. The molecular weight excluding hydrogens is 298 g/mol. The Labute approximate surface area is 135 Å². The van der Waals surface area contributed by atoms with Crippen molar-refractivity contribution >= 4 is 17.7 Å². The van der Waals surface area contributed by atoms with Gasteiger partial charge in [0.1, 0.15) is 0 Å². The second-order valence-electron chi connectivity index (χ2n) is 5.44. The summed E-state index contributed by atoms with van der Waals surface area (Å²) in [5.41, 5.74) is 0.0577. The quantitative estimate of drug-likeness (QED) is 0.753. The van der Waals surface area contributed by atoms with E-state index >= 15 is 0 Å². The van der Waals surface area contributed by atoms with Gasteiger partial charge < -0.3 is 14.3 Å². The lowest BCUT2D eigenvalue weighted by molar-refractivity contribution is -0.191. The Morgan fingerprint density at radius 2 is 2.04 bits per heavy atom. The molecule has 1 aliphatic rings. The number of methoxy groups -OCH3 is 1. The van der Waals surface area contributed by atoms with Crippen LogP contribution >= 0.6 is 0 Å². The van der Waals surface area contributed by atoms with E-state index in [0.717, 1.165) is 12.0 Å². The molecule has 1 aliphatic heterocycles. The molecule has 0 radical (unpaired) electrons. The van der Waals surface area contributed by atoms with Gasteiger partial charge in [-0.05, 0) is 12.0 Å². The van der Waals surface area contributed by atoms with Crippen LogP contribution in [0.4, 0.5) is 0 Å². The summed E-state index contributed by atoms with van der Waals surface area (Å²) in [4.78, 5) is 29.3. The molecule has 6 heteroatoms. The van der Waals surface area contributed by atoms with Gasteiger partial charge in [-0.3, -0.25) is 4.79 Å². The third-order valence-corrected chi connectivity index (χ3v) is 3.77. The van der Waals surface area contributed by atoms with Crippen LogP contribution in [0.2, 0.25) is 0 Å². The number of hydrogen-bond donors (Lipinski definition) is 0. The van der Waals surface area contributed by atoms with Gasteiger partial charge in [0.2, 0.25) is 0 Å². The van der Waals surface area contributed by atoms with Crippen LogP contribution in [0, 0.1) is 0 Å². The zero-order valence-electron chi connectivity index (χ0n) is 13.6. The summed E-state index contributed by atoms with van der Waals surface area (Å²) in [7, 11) is 1.28. The van der Waals surface area contributed by atoms with E-state index in [1.807, 2.05) is 37.3 Å². The largest absolute Gasteiger partial charge is 0.466 e. The van der Waals surface area contributed by atoms with E-state index in [2.05, 4.69) is 5.16 Å². The molecule has 6 nitrogen and oxygen atoms in total. The second-order valence-corrected chi connectivity index (χ2v) is 5.44. The molecule has 2 rings (SSSR count). The van der Waals surface area contributed by atoms with E-state index in [9.17, 15) is 9.59 Å². The molecule has 0 saturated heterocycles. The maximum Gasteiger partial charge on any atom is 0.357 e. The number of ether oxygens (including phenoxy) is 2. The number of esters is 2. The van der Waals surface area contributed by atoms with Crippen LogP contribution in [0.25, 0.3) is 0 Å². The minimum Gasteiger partial charge on any atom is -0.466 e. The van der Waals surface area contributed by atoms with Crippen LogP contribution in [0.1, 0.15) is 38.7 Å². The monoisotopic (exact) mass is 319 g/mol. The number of rotatable bonds is 6. The number of carbonyl (C=O) groups excluding carboxylic acids is 2. The number of hydrogen-bond acceptors (Lipinski definition) is 6. The standard InChI is InChI=1S/C17H21NO5/c1-4-8-15(22-12(2)19)17(16(20)21-3)11-14(18-23-17)13-9-6-5-7-10-13/h5-7,9-10,15H,4,8,11H2,1-3H3/t15-,17+/m1/s1. The Balaban J connectivity index is 2.32. The highest BCUT2D eigenvalue weighted by molar-refractivity contribution is 6.05. The normalized spacial score (nSPS) is 21.1. The fourth-order valence-electron chi connectivity index (χ4n) is 2.67. The molecule has 0 fully saturated rings. The molecule has 2 atom stereocenters. The Morgan fingerprint density at radius 3 is 2.61 bits per heavy atom. The third kappa shape index (κ3) is 3.52. The number of carbonyl (C=O) groups is 2. The van der Waals surface area contributed by atoms with Gasteiger partial charge in [-0.2, -0.15) is 0 Å². The Morgan fingerprint density at radius 1 is 1.35 bits per heavy atom. The Kier molecular flexibility index (Phi) is 5.36. The third-order valence-electron chi connectivity index (χ3n) is 3.77. The molecule has 23 heavy (non-hydrogen) atoms. The lowest BCUT2D eigenvalue weighted by Crippen LogP contribution is -2.52. The van der Waals surface area contributed by atoms with Crippen LogP contribution in [0.3, 0.4) is 0 Å². The van der Waals surface area contributed by atoms with Gasteiger partial charge in [0.05, 0.1) is 19.2 Å². The van der Waals surface area contributed by atoms with Gasteiger partial charge in [0.15, 0.2) is 6.10 Å². The molecule has 0 bridgehead atoms. The van der Waals surface area contributed by atoms with Gasteiger partial charge in [0, 0.05) is 6.92 Å². The van der Waals surface area contributed by atoms with Crippen molar-refractivity contribution in [2.24, 2.45) is 5.16 Å². The van der Waals surface area contributed by atoms with E-state index in [-0.39, 0.29) is 6.42 Å². The van der Waals surface area contributed by atoms with Crippen molar-refractivity contribution in [1.29, 1.82) is 0 Å². The molecular formula is C17H21NO5. The van der Waals surface area contributed by atoms with Gasteiger partial charge in [-0.25, -0.2) is 4.79 Å². The number of benzene rings is 1. The zero-order valence-corrected chi connectivity index (χ0v) is 13.6. The molecule has 124 valence electrons. The van der Waals surface area contributed by atoms with Crippen molar-refractivity contribution in [3.63, 3.8) is 0 Å². The first-order valence-electron chi connectivity index (χ1n) is 7.59. The second kappa shape index (κ2) is 7.26. The van der Waals surface area contributed by atoms with Crippen molar-refractivity contribution < 1.29 is 23.9 Å². The van der Waals surface area contributed by atoms with Crippen LogP contribution in [0.5, 0.6) is 0 Å². The highest BCUT2D eigenvalue weighted by Crippen LogP contribution is 2.35. The molecule has 1 heterocycles. The molecule has 0 aliphatic carbocycles. The van der Waals surface area contributed by atoms with Crippen LogP contribution in [0.15, 0.2) is 35.5 Å². The first-order valence-corrected chi connectivity index (χ1v) is 7.59. The van der Waals surface area contributed by atoms with E-state index in [4.69, 9.17) is 14.3 Å². The Hall–Kier alpha value is -2.37. The average Bonchev–Trinajstić information content (AvgIpc) is 3.00. The number of nitrogens with zero attached hydrogens (tertiary/aromatic N) is 1. The summed E-state index contributed by atoms with van der Waals surface area (Å²) in [5.74, 6) is -1.06. The minimum atomic E-state index is -1.43. The molecule has 1 aromatic carbocycles. The van der Waals surface area contributed by atoms with Crippen molar-refractivity contribution in [3.8, 4) is 0 Å². The van der Waals surface area contributed by atoms with Crippen molar-refractivity contribution in [2.75, 3.05) is 7.11 Å². The fourth-order valence-corrected chi connectivity index (χ4v) is 2.67. The van der Waals surface area contributed by atoms with E-state index in [1.165, 1.54) is 14.0 Å². The zero-order chi connectivity index (χ0) is 16.9. The highest BCUT2D eigenvalue weighted by Gasteiger charge is 2.55. The van der Waals surface area contributed by atoms with Gasteiger partial charge in [-0.1, -0.05) is 48.8 Å². The van der Waals surface area contributed by atoms with Crippen molar-refractivity contribution in [3.05, 3.63) is 35.9 Å². The average molecular weight is 319 g/mol. The predicted molar refractivity (Wildman–Crippen MR) is 83.9 cm³/mol. The summed E-state index contributed by atoms with van der Waals surface area (Å²) in [6, 6.07) is 9.43. The van der Waals surface area contributed by atoms with Crippen LogP contribution in [-0.4, -0.2) is 36.5 Å². The van der Waals surface area contributed by atoms with Gasteiger partial charge in [-0.15, -0.1) is 0 Å². The van der Waals surface area contributed by atoms with Gasteiger partial charge in [0.25, 0.3) is 5.60 Å². The lowest BCUT2D eigenvalue weighted by Gasteiger charge is -2.31. The van der Waals surface area contributed by atoms with Crippen molar-refractivity contribution in [2.45, 2.75) is 44.8 Å². The lowest BCUT2D eigenvalue weighted by atomic mass is 9.86. The van der Waals surface area contributed by atoms with E-state index < -0.39 is 23.6 Å². The molecule has 0 N–H and O–H groups in total. The maximum absolute atomic E-state index is 12.4. The Bertz CT molecular complexity index is 598. The summed E-state index contributed by atoms with van der Waals surface area (Å²) in [5, 5.41) is 4.06. The van der Waals surface area contributed by atoms with Crippen molar-refractivity contribution in [1.82, 2.24) is 0 Å². The molecule has 0 unspecified atom stereocenters. The van der Waals surface area contributed by atoms with Crippen LogP contribution in [-0.2, 0) is 23.9 Å². The maximum atomic E-state index is 12.4. The smallest absolute Gasteiger partial charge is 0.357 e. The summed E-state index contributed by atoms with van der Waals surface area (Å²) in [6.07, 6.45) is 0.650. The molecule has 1 aromatic rings. The predicted octanol–water partition coefficient (Wildman–Crippen LogP) is 2.45. The SMILES string of the molecule is CCC[C@@H](OC(C)=O)[C@]1(C(=O)OC)CC(c2ccccc2)=NO1. The fraction of sp³-hybridized carbons (Fsp3) is 0.471. The topological polar surface area (TPSA) is 74.2 Å². The van der Waals surface area contributed by atoms with E-state index in [1.54, 1.807) is 0 Å². The van der Waals surface area contributed by atoms with Crippen LogP contribution < -0.4 is 0 Å². The molecule has 0 aromatic heterocycles. The van der Waals surface area contributed by atoms with E-state index in [0.29, 0.717) is 12.1 Å². The minimum absolute atomic E-state index is 0.196. The summed E-state index contributed by atoms with van der Waals surface area (Å²) >= 11 is 0. The first kappa shape index (κ1) is 17.0. The first-order chi connectivity index (χ1) is 11.0. The number of oxime groups is 1.